The minimum atomic E-state index is -1.06. The summed E-state index contributed by atoms with van der Waals surface area (Å²) in [6, 6.07) is 0. The molecule has 0 saturated carbocycles. The Morgan fingerprint density at radius 1 is 1.73 bits per heavy atom. The summed E-state index contributed by atoms with van der Waals surface area (Å²) in [6.07, 6.45) is -1.04. The van der Waals surface area contributed by atoms with Gasteiger partial charge in [-0.2, -0.15) is 0 Å². The van der Waals surface area contributed by atoms with Gasteiger partial charge in [-0.05, 0) is 6.92 Å². The molecular formula is C6H10Cl2O3. The van der Waals surface area contributed by atoms with Crippen LogP contribution in [0.1, 0.15) is 6.92 Å². The van der Waals surface area contributed by atoms with Gasteiger partial charge in [0.1, 0.15) is 0 Å². The topological polar surface area (TPSA) is 46.5 Å². The number of hydrogen-bond acceptors (Lipinski definition) is 3. The zero-order valence-corrected chi connectivity index (χ0v) is 7.60. The molecule has 11 heavy (non-hydrogen) atoms. The third-order valence-corrected chi connectivity index (χ3v) is 1.79. The number of aliphatic hydroxyl groups excluding tert-OH is 1. The molecule has 66 valence electrons. The lowest BCUT2D eigenvalue weighted by Gasteiger charge is -2.11. The molecule has 0 saturated heterocycles. The summed E-state index contributed by atoms with van der Waals surface area (Å²) in [7, 11) is 0. The third kappa shape index (κ3) is 3.79. The van der Waals surface area contributed by atoms with Crippen LogP contribution in [0.2, 0.25) is 0 Å². The second-order valence-corrected chi connectivity index (χ2v) is 2.65. The van der Waals surface area contributed by atoms with Crippen molar-refractivity contribution in [1.82, 2.24) is 0 Å². The van der Waals surface area contributed by atoms with Gasteiger partial charge in [-0.1, -0.05) is 0 Å². The van der Waals surface area contributed by atoms with E-state index in [1.54, 1.807) is 6.92 Å². The fourth-order valence-electron chi connectivity index (χ4n) is 0.457. The van der Waals surface area contributed by atoms with Crippen molar-refractivity contribution in [3.05, 3.63) is 0 Å². The maximum absolute atomic E-state index is 10.8. The summed E-state index contributed by atoms with van der Waals surface area (Å²) in [4.78, 5) is 10.8. The van der Waals surface area contributed by atoms with Crippen LogP contribution in [0.25, 0.3) is 0 Å². The first-order valence-electron chi connectivity index (χ1n) is 3.18. The number of halogens is 2. The molecule has 0 rings (SSSR count). The van der Waals surface area contributed by atoms with E-state index in [1.165, 1.54) is 0 Å². The Balaban J connectivity index is 3.80. The molecule has 5 heteroatoms. The largest absolute Gasteiger partial charge is 0.465 e. The smallest absolute Gasteiger partial charge is 0.326 e. The standard InChI is InChI=1S/C6H10Cl2O3/c1-2-11-6(10)5(8)4(9)3-7/h4-5,9H,2-3H2,1H3/t4-,5?/m0/s1. The van der Waals surface area contributed by atoms with E-state index in [2.05, 4.69) is 4.74 Å². The number of aliphatic hydroxyl groups is 1. The number of rotatable bonds is 4. The molecule has 0 aromatic heterocycles. The molecule has 1 unspecified atom stereocenters. The average Bonchev–Trinajstić information content (AvgIpc) is 2.02. The molecule has 0 radical (unpaired) electrons. The highest BCUT2D eigenvalue weighted by Gasteiger charge is 2.24. The van der Waals surface area contributed by atoms with Gasteiger partial charge in [-0.25, -0.2) is 0 Å². The molecule has 1 N–H and O–H groups in total. The van der Waals surface area contributed by atoms with E-state index in [4.69, 9.17) is 28.3 Å². The summed E-state index contributed by atoms with van der Waals surface area (Å²) >= 11 is 10.7. The maximum atomic E-state index is 10.8. The van der Waals surface area contributed by atoms with Crippen molar-refractivity contribution in [3.8, 4) is 0 Å². The number of ether oxygens (including phenoxy) is 1. The van der Waals surface area contributed by atoms with E-state index in [-0.39, 0.29) is 12.5 Å². The summed E-state index contributed by atoms with van der Waals surface area (Å²) < 4.78 is 4.54. The maximum Gasteiger partial charge on any atom is 0.326 e. The van der Waals surface area contributed by atoms with Gasteiger partial charge in [0.15, 0.2) is 5.38 Å². The van der Waals surface area contributed by atoms with Crippen molar-refractivity contribution >= 4 is 29.2 Å². The highest BCUT2D eigenvalue weighted by atomic mass is 35.5. The Morgan fingerprint density at radius 2 is 2.27 bits per heavy atom. The quantitative estimate of drug-likeness (QED) is 0.539. The van der Waals surface area contributed by atoms with Gasteiger partial charge in [0, 0.05) is 0 Å². The molecule has 3 nitrogen and oxygen atoms in total. The fourth-order valence-corrected chi connectivity index (χ4v) is 0.879. The Bertz CT molecular complexity index is 129. The zero-order valence-electron chi connectivity index (χ0n) is 6.09. The lowest BCUT2D eigenvalue weighted by Crippen LogP contribution is -2.31. The molecule has 0 aliphatic rings. The van der Waals surface area contributed by atoms with Crippen molar-refractivity contribution in [1.29, 1.82) is 0 Å². The van der Waals surface area contributed by atoms with Crippen LogP contribution in [0.3, 0.4) is 0 Å². The van der Waals surface area contributed by atoms with Gasteiger partial charge in [-0.15, -0.1) is 23.2 Å². The van der Waals surface area contributed by atoms with Crippen molar-refractivity contribution in [3.63, 3.8) is 0 Å². The molecule has 2 atom stereocenters. The minimum Gasteiger partial charge on any atom is -0.465 e. The van der Waals surface area contributed by atoms with Crippen LogP contribution in [0.5, 0.6) is 0 Å². The zero-order chi connectivity index (χ0) is 8.85. The second-order valence-electron chi connectivity index (χ2n) is 1.88. The van der Waals surface area contributed by atoms with Gasteiger partial charge in [0.2, 0.25) is 0 Å². The van der Waals surface area contributed by atoms with Crippen LogP contribution in [0.4, 0.5) is 0 Å². The SMILES string of the molecule is CCOC(=O)C(Cl)[C@@H](O)CCl. The number of carbonyl (C=O) groups is 1. The van der Waals surface area contributed by atoms with Crippen LogP contribution in [-0.4, -0.2) is 35.0 Å². The Morgan fingerprint density at radius 3 is 2.64 bits per heavy atom. The van der Waals surface area contributed by atoms with Gasteiger partial charge in [-0.3, -0.25) is 4.79 Å². The average molecular weight is 201 g/mol. The summed E-state index contributed by atoms with van der Waals surface area (Å²) in [5, 5.41) is 7.90. The first-order valence-corrected chi connectivity index (χ1v) is 4.15. The van der Waals surface area contributed by atoms with Crippen molar-refractivity contribution < 1.29 is 14.6 Å². The first kappa shape index (κ1) is 11.0. The van der Waals surface area contributed by atoms with E-state index in [0.717, 1.165) is 0 Å². The van der Waals surface area contributed by atoms with Gasteiger partial charge < -0.3 is 9.84 Å². The van der Waals surface area contributed by atoms with Gasteiger partial charge >= 0.3 is 5.97 Å². The number of esters is 1. The van der Waals surface area contributed by atoms with Crippen molar-refractivity contribution in [2.45, 2.75) is 18.4 Å². The highest BCUT2D eigenvalue weighted by molar-refractivity contribution is 6.31. The summed E-state index contributed by atoms with van der Waals surface area (Å²) in [5.74, 6) is -0.713. The van der Waals surface area contributed by atoms with Gasteiger partial charge in [0.05, 0.1) is 18.6 Å². The van der Waals surface area contributed by atoms with E-state index < -0.39 is 17.5 Å². The van der Waals surface area contributed by atoms with E-state index >= 15 is 0 Å². The molecule has 0 aromatic rings. The Kier molecular flexibility index (Phi) is 5.64. The van der Waals surface area contributed by atoms with Crippen LogP contribution >= 0.6 is 23.2 Å². The molecule has 0 fully saturated rings. The Hall–Kier alpha value is 0.01000. The monoisotopic (exact) mass is 200 g/mol. The minimum absolute atomic E-state index is 0.0764. The number of carbonyl (C=O) groups excluding carboxylic acids is 1. The van der Waals surface area contributed by atoms with Crippen LogP contribution in [0.15, 0.2) is 0 Å². The molecule has 0 aliphatic carbocycles. The van der Waals surface area contributed by atoms with E-state index in [1.807, 2.05) is 0 Å². The van der Waals surface area contributed by atoms with E-state index in [9.17, 15) is 4.79 Å². The molecule has 0 heterocycles. The van der Waals surface area contributed by atoms with E-state index in [0.29, 0.717) is 0 Å². The molecule has 0 spiro atoms. The predicted octanol–water partition coefficient (Wildman–Crippen LogP) is 0.757. The van der Waals surface area contributed by atoms with Crippen LogP contribution < -0.4 is 0 Å². The molecule has 0 aliphatic heterocycles. The second kappa shape index (κ2) is 5.63. The normalized spacial score (nSPS) is 15.6. The summed E-state index contributed by atoms with van der Waals surface area (Å²) in [5.41, 5.74) is 0. The molecule has 0 amide bonds. The lowest BCUT2D eigenvalue weighted by molar-refractivity contribution is -0.144. The lowest BCUT2D eigenvalue weighted by atomic mass is 10.3. The van der Waals surface area contributed by atoms with Crippen LogP contribution in [-0.2, 0) is 9.53 Å². The van der Waals surface area contributed by atoms with Crippen molar-refractivity contribution in [2.75, 3.05) is 12.5 Å². The summed E-state index contributed by atoms with van der Waals surface area (Å²) in [6.45, 7) is 1.91. The molecular weight excluding hydrogens is 191 g/mol. The first-order chi connectivity index (χ1) is 5.13. The molecule has 0 aromatic carbocycles. The van der Waals surface area contributed by atoms with Crippen LogP contribution in [0, 0.1) is 0 Å². The number of alkyl halides is 2. The van der Waals surface area contributed by atoms with Gasteiger partial charge in [0.25, 0.3) is 0 Å². The molecule has 0 bridgehead atoms. The highest BCUT2D eigenvalue weighted by Crippen LogP contribution is 2.06. The Labute approximate surface area is 75.2 Å². The van der Waals surface area contributed by atoms with Crippen molar-refractivity contribution in [2.24, 2.45) is 0 Å². The number of hydrogen-bond donors (Lipinski definition) is 1. The third-order valence-electron chi connectivity index (χ3n) is 1.01. The predicted molar refractivity (Wildman–Crippen MR) is 43.0 cm³/mol. The fraction of sp³-hybridized carbons (Fsp3) is 0.833.